The molecule has 10 heteroatoms. The zero-order chi connectivity index (χ0) is 24.6. The molecule has 2 aliphatic rings. The Bertz CT molecular complexity index is 1040. The minimum atomic E-state index is -0.170. The molecule has 0 bridgehead atoms. The third-order valence-electron chi connectivity index (χ3n) is 6.80. The van der Waals surface area contributed by atoms with Crippen molar-refractivity contribution in [3.63, 3.8) is 0 Å². The molecule has 1 amide bonds. The molecule has 0 saturated carbocycles. The first kappa shape index (κ1) is 25.1. The lowest BCUT2D eigenvalue weighted by Crippen LogP contribution is -2.47. The van der Waals surface area contributed by atoms with Gasteiger partial charge in [-0.1, -0.05) is 12.1 Å². The van der Waals surface area contributed by atoms with E-state index in [9.17, 15) is 14.0 Å². The van der Waals surface area contributed by atoms with Gasteiger partial charge < -0.3 is 19.9 Å². The highest BCUT2D eigenvalue weighted by Gasteiger charge is 2.29. The summed E-state index contributed by atoms with van der Waals surface area (Å²) in [6.45, 7) is 7.10. The molecule has 0 radical (unpaired) electrons. The van der Waals surface area contributed by atoms with Gasteiger partial charge in [0.2, 0.25) is 5.91 Å². The van der Waals surface area contributed by atoms with E-state index in [-0.39, 0.29) is 23.2 Å². The van der Waals surface area contributed by atoms with Gasteiger partial charge in [0.1, 0.15) is 5.82 Å². The van der Waals surface area contributed by atoms with Gasteiger partial charge in [0, 0.05) is 59.0 Å². The molecule has 35 heavy (non-hydrogen) atoms. The Morgan fingerprint density at radius 1 is 1.14 bits per heavy atom. The third-order valence-corrected chi connectivity index (χ3v) is 6.80. The summed E-state index contributed by atoms with van der Waals surface area (Å²) in [7, 11) is 1.59. The molecule has 1 atom stereocenters. The molecule has 190 valence electrons. The van der Waals surface area contributed by atoms with Crippen molar-refractivity contribution in [1.29, 1.82) is 0 Å². The van der Waals surface area contributed by atoms with Crippen LogP contribution in [0.5, 0.6) is 0 Å². The van der Waals surface area contributed by atoms with Crippen LogP contribution in [0, 0.1) is 11.7 Å². The summed E-state index contributed by atoms with van der Waals surface area (Å²) >= 11 is 0. The van der Waals surface area contributed by atoms with Crippen LogP contribution in [0.1, 0.15) is 12.8 Å². The number of methoxy groups -OCH3 is 1. The standard InChI is InChI=1S/C25H35FN6O3/c1-35-16-15-32-24(33)17-21(18-28-32)31-10-7-20(19-31)25(34)27-8-4-9-29-11-13-30(14-12-29)23-6-3-2-5-22(23)26/h2-3,5-6,17-18,20H,4,7-16,19H2,1H3,(H,27,34). The van der Waals surface area contributed by atoms with Crippen LogP contribution in [0.15, 0.2) is 41.3 Å². The second-order valence-corrected chi connectivity index (χ2v) is 9.12. The van der Waals surface area contributed by atoms with Gasteiger partial charge in [-0.15, -0.1) is 0 Å². The number of anilines is 2. The summed E-state index contributed by atoms with van der Waals surface area (Å²) in [5, 5.41) is 7.29. The van der Waals surface area contributed by atoms with Crippen molar-refractivity contribution in [2.75, 3.05) is 75.9 Å². The SMILES string of the molecule is COCCn1ncc(N2CCC(C(=O)NCCCN3CCN(c4ccccc4F)CC3)C2)cc1=O. The predicted octanol–water partition coefficient (Wildman–Crippen LogP) is 1.18. The Morgan fingerprint density at radius 3 is 2.69 bits per heavy atom. The second kappa shape index (κ2) is 12.1. The Labute approximate surface area is 205 Å². The first-order valence-corrected chi connectivity index (χ1v) is 12.4. The van der Waals surface area contributed by atoms with Gasteiger partial charge in [0.15, 0.2) is 0 Å². The Hall–Kier alpha value is -2.98. The number of carbonyl (C=O) groups is 1. The van der Waals surface area contributed by atoms with Crippen LogP contribution in [-0.2, 0) is 16.1 Å². The number of hydrogen-bond acceptors (Lipinski definition) is 7. The Morgan fingerprint density at radius 2 is 1.94 bits per heavy atom. The second-order valence-electron chi connectivity index (χ2n) is 9.12. The van der Waals surface area contributed by atoms with E-state index in [1.807, 2.05) is 17.0 Å². The number of benzene rings is 1. The van der Waals surface area contributed by atoms with Gasteiger partial charge in [-0.25, -0.2) is 9.07 Å². The number of nitrogens with zero attached hydrogens (tertiary/aromatic N) is 5. The molecular formula is C25H35FN6O3. The van der Waals surface area contributed by atoms with E-state index in [0.29, 0.717) is 31.9 Å². The highest BCUT2D eigenvalue weighted by atomic mass is 19.1. The van der Waals surface area contributed by atoms with Gasteiger partial charge in [0.25, 0.3) is 5.56 Å². The van der Waals surface area contributed by atoms with Crippen LogP contribution in [0.3, 0.4) is 0 Å². The summed E-state index contributed by atoms with van der Waals surface area (Å²) in [5.41, 5.74) is 1.27. The molecule has 1 aromatic carbocycles. The van der Waals surface area contributed by atoms with E-state index in [2.05, 4.69) is 20.2 Å². The van der Waals surface area contributed by atoms with Gasteiger partial charge in [0.05, 0.1) is 36.6 Å². The maximum atomic E-state index is 14.0. The third kappa shape index (κ3) is 6.58. The van der Waals surface area contributed by atoms with Crippen LogP contribution in [0.25, 0.3) is 0 Å². The fourth-order valence-electron chi connectivity index (χ4n) is 4.73. The fraction of sp³-hybridized carbons (Fsp3) is 0.560. The average Bonchev–Trinajstić information content (AvgIpc) is 3.37. The lowest BCUT2D eigenvalue weighted by Gasteiger charge is -2.36. The normalized spacial score (nSPS) is 18.7. The molecule has 9 nitrogen and oxygen atoms in total. The number of para-hydroxylation sites is 1. The van der Waals surface area contributed by atoms with E-state index in [1.54, 1.807) is 25.4 Å². The number of ether oxygens (including phenoxy) is 1. The number of amides is 1. The van der Waals surface area contributed by atoms with E-state index in [4.69, 9.17) is 4.74 Å². The summed E-state index contributed by atoms with van der Waals surface area (Å²) in [6.07, 6.45) is 3.32. The summed E-state index contributed by atoms with van der Waals surface area (Å²) in [4.78, 5) is 31.4. The highest BCUT2D eigenvalue weighted by molar-refractivity contribution is 5.80. The van der Waals surface area contributed by atoms with Crippen LogP contribution in [0.4, 0.5) is 15.8 Å². The van der Waals surface area contributed by atoms with Gasteiger partial charge in [-0.2, -0.15) is 5.10 Å². The fourth-order valence-corrected chi connectivity index (χ4v) is 4.73. The van der Waals surface area contributed by atoms with E-state index in [0.717, 1.165) is 57.8 Å². The molecule has 1 unspecified atom stereocenters. The van der Waals surface area contributed by atoms with Crippen molar-refractivity contribution in [1.82, 2.24) is 20.0 Å². The van der Waals surface area contributed by atoms with Crippen molar-refractivity contribution >= 4 is 17.3 Å². The topological polar surface area (TPSA) is 82.9 Å². The minimum Gasteiger partial charge on any atom is -0.383 e. The molecular weight excluding hydrogens is 451 g/mol. The van der Waals surface area contributed by atoms with Crippen molar-refractivity contribution < 1.29 is 13.9 Å². The summed E-state index contributed by atoms with van der Waals surface area (Å²) in [6, 6.07) is 8.50. The molecule has 2 aliphatic heterocycles. The van der Waals surface area contributed by atoms with Crippen LogP contribution >= 0.6 is 0 Å². The number of halogens is 1. The first-order valence-electron chi connectivity index (χ1n) is 12.4. The monoisotopic (exact) mass is 486 g/mol. The minimum absolute atomic E-state index is 0.0678. The molecule has 1 N–H and O–H groups in total. The average molecular weight is 487 g/mol. The predicted molar refractivity (Wildman–Crippen MR) is 133 cm³/mol. The number of hydrogen-bond donors (Lipinski definition) is 1. The maximum absolute atomic E-state index is 14.0. The zero-order valence-electron chi connectivity index (χ0n) is 20.4. The van der Waals surface area contributed by atoms with Gasteiger partial charge in [-0.05, 0) is 31.5 Å². The Balaban J connectivity index is 1.14. The number of piperazine rings is 1. The molecule has 3 heterocycles. The van der Waals surface area contributed by atoms with Crippen molar-refractivity contribution in [3.05, 3.63) is 52.7 Å². The molecule has 2 fully saturated rings. The number of aromatic nitrogens is 2. The smallest absolute Gasteiger partial charge is 0.268 e. The quantitative estimate of drug-likeness (QED) is 0.505. The van der Waals surface area contributed by atoms with Crippen LogP contribution in [-0.4, -0.2) is 86.7 Å². The molecule has 0 spiro atoms. The summed E-state index contributed by atoms with van der Waals surface area (Å²) < 4.78 is 20.4. The lowest BCUT2D eigenvalue weighted by molar-refractivity contribution is -0.124. The Kier molecular flexibility index (Phi) is 8.70. The van der Waals surface area contributed by atoms with E-state index in [1.165, 1.54) is 10.7 Å². The largest absolute Gasteiger partial charge is 0.383 e. The number of nitrogens with one attached hydrogen (secondary N) is 1. The number of rotatable bonds is 10. The van der Waals surface area contributed by atoms with Crippen LogP contribution < -0.4 is 20.7 Å². The summed E-state index contributed by atoms with van der Waals surface area (Å²) in [5.74, 6) is -0.189. The highest BCUT2D eigenvalue weighted by Crippen LogP contribution is 2.22. The molecule has 1 aromatic heterocycles. The zero-order valence-corrected chi connectivity index (χ0v) is 20.4. The van der Waals surface area contributed by atoms with Gasteiger partial charge in [-0.3, -0.25) is 14.5 Å². The van der Waals surface area contributed by atoms with Crippen molar-refractivity contribution in [2.45, 2.75) is 19.4 Å². The van der Waals surface area contributed by atoms with E-state index < -0.39 is 0 Å². The van der Waals surface area contributed by atoms with Gasteiger partial charge >= 0.3 is 0 Å². The molecule has 2 aromatic rings. The molecule has 2 saturated heterocycles. The maximum Gasteiger partial charge on any atom is 0.268 e. The van der Waals surface area contributed by atoms with Crippen molar-refractivity contribution in [2.24, 2.45) is 5.92 Å². The van der Waals surface area contributed by atoms with Crippen molar-refractivity contribution in [3.8, 4) is 0 Å². The lowest BCUT2D eigenvalue weighted by atomic mass is 10.1. The molecule has 4 rings (SSSR count). The van der Waals surface area contributed by atoms with Crippen LogP contribution in [0.2, 0.25) is 0 Å². The first-order chi connectivity index (χ1) is 17.0. The van der Waals surface area contributed by atoms with E-state index >= 15 is 0 Å². The molecule has 0 aliphatic carbocycles. The number of carbonyl (C=O) groups excluding carboxylic acids is 1.